The minimum Gasteiger partial charge on any atom is -0.330 e. The normalized spacial score (nSPS) is 18.8. The quantitative estimate of drug-likeness (QED) is 0.689. The van der Waals surface area contributed by atoms with Crippen LogP contribution in [0.1, 0.15) is 47.0 Å². The van der Waals surface area contributed by atoms with Crippen LogP contribution < -0.4 is 5.73 Å². The molecule has 0 heterocycles. The van der Waals surface area contributed by atoms with Gasteiger partial charge in [-0.3, -0.25) is 0 Å². The lowest BCUT2D eigenvalue weighted by molar-refractivity contribution is 0.175. The molecule has 0 aromatic heterocycles. The Kier molecular flexibility index (Phi) is 5.26. The maximum absolute atomic E-state index is 5.71. The summed E-state index contributed by atoms with van der Waals surface area (Å²) < 4.78 is 0. The summed E-state index contributed by atoms with van der Waals surface area (Å²) >= 11 is 0. The smallest absolute Gasteiger partial charge is 0.00387 e. The van der Waals surface area contributed by atoms with Crippen LogP contribution >= 0.6 is 0 Å². The van der Waals surface area contributed by atoms with Gasteiger partial charge in [-0.05, 0) is 43.1 Å². The molecule has 0 aromatic carbocycles. The van der Waals surface area contributed by atoms with Gasteiger partial charge in [0.25, 0.3) is 0 Å². The molecule has 1 saturated carbocycles. The van der Waals surface area contributed by atoms with E-state index in [0.717, 1.165) is 18.4 Å². The van der Waals surface area contributed by atoms with Gasteiger partial charge in [0, 0.05) is 19.6 Å². The van der Waals surface area contributed by atoms with Gasteiger partial charge in [-0.25, -0.2) is 0 Å². The minimum atomic E-state index is 0.596. The fourth-order valence-electron chi connectivity index (χ4n) is 2.68. The van der Waals surface area contributed by atoms with E-state index in [1.807, 2.05) is 0 Å². The fraction of sp³-hybridized carbons (Fsp3) is 1.00. The highest BCUT2D eigenvalue weighted by molar-refractivity contribution is 4.95. The molecule has 0 atom stereocenters. The predicted molar refractivity (Wildman–Crippen MR) is 71.5 cm³/mol. The molecule has 1 fully saturated rings. The molecule has 1 rings (SSSR count). The molecule has 0 saturated heterocycles. The van der Waals surface area contributed by atoms with Gasteiger partial charge < -0.3 is 10.6 Å². The van der Waals surface area contributed by atoms with E-state index >= 15 is 0 Å². The molecule has 0 bridgehead atoms. The van der Waals surface area contributed by atoms with Crippen molar-refractivity contribution in [3.8, 4) is 0 Å². The van der Waals surface area contributed by atoms with E-state index in [4.69, 9.17) is 5.73 Å². The Hall–Kier alpha value is -0.0800. The first kappa shape index (κ1) is 14.0. The van der Waals surface area contributed by atoms with Crippen LogP contribution in [0.5, 0.6) is 0 Å². The first-order valence-electron chi connectivity index (χ1n) is 6.90. The summed E-state index contributed by atoms with van der Waals surface area (Å²) in [4.78, 5) is 2.66. The Labute approximate surface area is 102 Å². The molecule has 0 radical (unpaired) electrons. The van der Waals surface area contributed by atoms with Gasteiger partial charge in [0.1, 0.15) is 0 Å². The Morgan fingerprint density at radius 1 is 1.06 bits per heavy atom. The van der Waals surface area contributed by atoms with E-state index in [9.17, 15) is 0 Å². The summed E-state index contributed by atoms with van der Waals surface area (Å²) in [6.07, 6.45) is 4.02. The standard InChI is InChI=1S/C14H30N2/c1-12(2)9-16(10-13(3)4)11-14(5-6-14)7-8-15/h12-13H,5-11,15H2,1-4H3. The van der Waals surface area contributed by atoms with E-state index in [1.54, 1.807) is 0 Å². The third-order valence-electron chi connectivity index (χ3n) is 3.44. The highest BCUT2D eigenvalue weighted by Gasteiger charge is 2.42. The summed E-state index contributed by atoms with van der Waals surface area (Å²) in [5, 5.41) is 0. The Morgan fingerprint density at radius 2 is 1.56 bits per heavy atom. The first-order chi connectivity index (χ1) is 7.47. The van der Waals surface area contributed by atoms with Crippen molar-refractivity contribution < 1.29 is 0 Å². The minimum absolute atomic E-state index is 0.596. The molecule has 0 spiro atoms. The molecule has 0 aliphatic heterocycles. The molecular weight excluding hydrogens is 196 g/mol. The van der Waals surface area contributed by atoms with Crippen LogP contribution in [0.2, 0.25) is 0 Å². The number of hydrogen-bond donors (Lipinski definition) is 1. The van der Waals surface area contributed by atoms with Crippen LogP contribution in [0, 0.1) is 17.3 Å². The van der Waals surface area contributed by atoms with Gasteiger partial charge >= 0.3 is 0 Å². The Balaban J connectivity index is 2.42. The molecular formula is C14H30N2. The van der Waals surface area contributed by atoms with E-state index in [-0.39, 0.29) is 0 Å². The maximum Gasteiger partial charge on any atom is 0.00387 e. The van der Waals surface area contributed by atoms with Crippen molar-refractivity contribution in [1.82, 2.24) is 4.90 Å². The summed E-state index contributed by atoms with van der Waals surface area (Å²) in [5.41, 5.74) is 6.31. The van der Waals surface area contributed by atoms with Gasteiger partial charge in [-0.15, -0.1) is 0 Å². The average Bonchev–Trinajstić information content (AvgIpc) is 2.82. The van der Waals surface area contributed by atoms with Crippen molar-refractivity contribution in [1.29, 1.82) is 0 Å². The Bertz CT molecular complexity index is 185. The van der Waals surface area contributed by atoms with Gasteiger partial charge in [0.05, 0.1) is 0 Å². The van der Waals surface area contributed by atoms with Crippen molar-refractivity contribution in [2.75, 3.05) is 26.2 Å². The molecule has 0 amide bonds. The molecule has 0 unspecified atom stereocenters. The van der Waals surface area contributed by atoms with E-state index in [2.05, 4.69) is 32.6 Å². The highest BCUT2D eigenvalue weighted by atomic mass is 15.1. The molecule has 16 heavy (non-hydrogen) atoms. The monoisotopic (exact) mass is 226 g/mol. The topological polar surface area (TPSA) is 29.3 Å². The summed E-state index contributed by atoms with van der Waals surface area (Å²) in [6, 6.07) is 0. The van der Waals surface area contributed by atoms with Crippen molar-refractivity contribution >= 4 is 0 Å². The van der Waals surface area contributed by atoms with Crippen LogP contribution in [0.25, 0.3) is 0 Å². The van der Waals surface area contributed by atoms with Crippen LogP contribution in [0.3, 0.4) is 0 Å². The lowest BCUT2D eigenvalue weighted by Gasteiger charge is -2.30. The number of nitrogens with zero attached hydrogens (tertiary/aromatic N) is 1. The van der Waals surface area contributed by atoms with E-state index < -0.39 is 0 Å². The lowest BCUT2D eigenvalue weighted by atomic mass is 10.0. The Morgan fingerprint density at radius 3 is 1.88 bits per heavy atom. The average molecular weight is 226 g/mol. The second-order valence-corrected chi connectivity index (χ2v) is 6.52. The predicted octanol–water partition coefficient (Wildman–Crippen LogP) is 2.73. The number of rotatable bonds is 8. The third kappa shape index (κ3) is 4.84. The summed E-state index contributed by atoms with van der Waals surface area (Å²) in [5.74, 6) is 1.54. The number of nitrogens with two attached hydrogens (primary N) is 1. The van der Waals surface area contributed by atoms with E-state index in [0.29, 0.717) is 5.41 Å². The lowest BCUT2D eigenvalue weighted by Crippen LogP contribution is -2.36. The molecule has 2 nitrogen and oxygen atoms in total. The second kappa shape index (κ2) is 6.02. The van der Waals surface area contributed by atoms with Crippen LogP contribution in [0.4, 0.5) is 0 Å². The molecule has 1 aliphatic carbocycles. The third-order valence-corrected chi connectivity index (χ3v) is 3.44. The molecule has 2 N–H and O–H groups in total. The zero-order chi connectivity index (χ0) is 12.2. The highest BCUT2D eigenvalue weighted by Crippen LogP contribution is 2.49. The van der Waals surface area contributed by atoms with Gasteiger partial charge in [0.15, 0.2) is 0 Å². The van der Waals surface area contributed by atoms with Crippen LogP contribution in [-0.2, 0) is 0 Å². The fourth-order valence-corrected chi connectivity index (χ4v) is 2.68. The van der Waals surface area contributed by atoms with E-state index in [1.165, 1.54) is 38.9 Å². The van der Waals surface area contributed by atoms with Crippen molar-refractivity contribution in [3.05, 3.63) is 0 Å². The molecule has 96 valence electrons. The number of hydrogen-bond acceptors (Lipinski definition) is 2. The molecule has 0 aromatic rings. The van der Waals surface area contributed by atoms with Gasteiger partial charge in [0.2, 0.25) is 0 Å². The first-order valence-corrected chi connectivity index (χ1v) is 6.90. The van der Waals surface area contributed by atoms with Crippen molar-refractivity contribution in [3.63, 3.8) is 0 Å². The van der Waals surface area contributed by atoms with Gasteiger partial charge in [-0.1, -0.05) is 27.7 Å². The SMILES string of the molecule is CC(C)CN(CC(C)C)CC1(CCN)CC1. The molecule has 1 aliphatic rings. The summed E-state index contributed by atoms with van der Waals surface area (Å²) in [7, 11) is 0. The second-order valence-electron chi connectivity index (χ2n) is 6.52. The van der Waals surface area contributed by atoms with Crippen LogP contribution in [0.15, 0.2) is 0 Å². The maximum atomic E-state index is 5.71. The largest absolute Gasteiger partial charge is 0.330 e. The van der Waals surface area contributed by atoms with Crippen LogP contribution in [-0.4, -0.2) is 31.1 Å². The zero-order valence-corrected chi connectivity index (χ0v) is 11.6. The summed E-state index contributed by atoms with van der Waals surface area (Å²) in [6.45, 7) is 13.9. The molecule has 2 heteroatoms. The van der Waals surface area contributed by atoms with Gasteiger partial charge in [-0.2, -0.15) is 0 Å². The van der Waals surface area contributed by atoms with Crippen molar-refractivity contribution in [2.24, 2.45) is 23.0 Å². The zero-order valence-electron chi connectivity index (χ0n) is 11.6. The van der Waals surface area contributed by atoms with Crippen molar-refractivity contribution in [2.45, 2.75) is 47.0 Å².